The standard InChI is InChI=1S/C27H36N2O2/c28-20-26(29)27(30)31-18-9-2-1-4-13-22-16-10-17-23-14-7-8-15-24(19-25(22)23)21-11-5-3-6-12-21/h3,5-6,10-12,16-17,19,26H,1-2,4,7-9,13-15,18,20,28-29H2/b24-19+. The largest absolute Gasteiger partial charge is 0.464 e. The molecule has 0 amide bonds. The van der Waals surface area contributed by atoms with Crippen LogP contribution in [0.1, 0.15) is 67.2 Å². The van der Waals surface area contributed by atoms with E-state index in [2.05, 4.69) is 54.6 Å². The molecule has 3 rings (SSSR count). The number of aryl methyl sites for hydroxylation is 2. The number of rotatable bonds is 10. The van der Waals surface area contributed by atoms with Crippen LogP contribution in [0, 0.1) is 0 Å². The minimum Gasteiger partial charge on any atom is -0.464 e. The van der Waals surface area contributed by atoms with Crippen LogP contribution in [0.2, 0.25) is 0 Å². The maximum Gasteiger partial charge on any atom is 0.324 e. The lowest BCUT2D eigenvalue weighted by Gasteiger charge is -2.18. The van der Waals surface area contributed by atoms with Crippen LogP contribution >= 0.6 is 0 Å². The molecule has 1 atom stereocenters. The van der Waals surface area contributed by atoms with E-state index in [-0.39, 0.29) is 6.54 Å². The zero-order valence-corrected chi connectivity index (χ0v) is 18.5. The summed E-state index contributed by atoms with van der Waals surface area (Å²) < 4.78 is 5.16. The highest BCUT2D eigenvalue weighted by Gasteiger charge is 2.13. The number of esters is 1. The Labute approximate surface area is 186 Å². The van der Waals surface area contributed by atoms with Crippen molar-refractivity contribution in [3.8, 4) is 0 Å². The smallest absolute Gasteiger partial charge is 0.324 e. The van der Waals surface area contributed by atoms with Gasteiger partial charge in [0.25, 0.3) is 0 Å². The third kappa shape index (κ3) is 7.05. The number of hydrogen-bond acceptors (Lipinski definition) is 4. The molecule has 0 fully saturated rings. The van der Waals surface area contributed by atoms with Crippen LogP contribution in [0.25, 0.3) is 11.6 Å². The van der Waals surface area contributed by atoms with Crippen LogP contribution in [0.4, 0.5) is 0 Å². The molecule has 4 N–H and O–H groups in total. The summed E-state index contributed by atoms with van der Waals surface area (Å²) in [6.45, 7) is 0.553. The second-order valence-corrected chi connectivity index (χ2v) is 8.41. The Morgan fingerprint density at radius 2 is 1.71 bits per heavy atom. The molecule has 0 aliphatic heterocycles. The van der Waals surface area contributed by atoms with Gasteiger partial charge in [0, 0.05) is 6.54 Å². The molecular weight excluding hydrogens is 384 g/mol. The molecule has 1 aliphatic rings. The van der Waals surface area contributed by atoms with Gasteiger partial charge in [0.1, 0.15) is 6.04 Å². The molecule has 0 saturated heterocycles. The molecule has 1 unspecified atom stereocenters. The monoisotopic (exact) mass is 420 g/mol. The lowest BCUT2D eigenvalue weighted by molar-refractivity contribution is -0.145. The number of nitrogens with two attached hydrogens (primary N) is 2. The van der Waals surface area contributed by atoms with Gasteiger partial charge < -0.3 is 16.2 Å². The molecule has 0 saturated carbocycles. The van der Waals surface area contributed by atoms with E-state index in [9.17, 15) is 4.79 Å². The first-order valence-electron chi connectivity index (χ1n) is 11.7. The minimum absolute atomic E-state index is 0.126. The van der Waals surface area contributed by atoms with E-state index in [1.807, 2.05) is 0 Å². The number of hydrogen-bond donors (Lipinski definition) is 2. The third-order valence-corrected chi connectivity index (χ3v) is 6.03. The average Bonchev–Trinajstić information content (AvgIpc) is 2.79. The zero-order valence-electron chi connectivity index (χ0n) is 18.5. The Hall–Kier alpha value is -2.43. The first-order chi connectivity index (χ1) is 15.2. The summed E-state index contributed by atoms with van der Waals surface area (Å²) in [5.74, 6) is -0.397. The molecular formula is C27H36N2O2. The van der Waals surface area contributed by atoms with E-state index < -0.39 is 12.0 Å². The van der Waals surface area contributed by atoms with Gasteiger partial charge in [-0.3, -0.25) is 4.79 Å². The van der Waals surface area contributed by atoms with E-state index >= 15 is 0 Å². The highest BCUT2D eigenvalue weighted by molar-refractivity contribution is 5.83. The number of benzene rings is 2. The van der Waals surface area contributed by atoms with Crippen molar-refractivity contribution in [1.29, 1.82) is 0 Å². The van der Waals surface area contributed by atoms with E-state index in [0.717, 1.165) is 44.9 Å². The molecule has 0 bridgehead atoms. The third-order valence-electron chi connectivity index (χ3n) is 6.03. The molecule has 0 spiro atoms. The molecule has 31 heavy (non-hydrogen) atoms. The van der Waals surface area contributed by atoms with E-state index in [0.29, 0.717) is 6.61 Å². The first-order valence-corrected chi connectivity index (χ1v) is 11.7. The quantitative estimate of drug-likeness (QED) is 0.424. The zero-order chi connectivity index (χ0) is 21.9. The molecule has 4 nitrogen and oxygen atoms in total. The molecule has 2 aromatic carbocycles. The molecule has 0 radical (unpaired) electrons. The number of carbonyl (C=O) groups excluding carboxylic acids is 1. The molecule has 1 aliphatic carbocycles. The highest BCUT2D eigenvalue weighted by Crippen LogP contribution is 2.31. The summed E-state index contributed by atoms with van der Waals surface area (Å²) in [6.07, 6.45) is 12.5. The van der Waals surface area contributed by atoms with Gasteiger partial charge in [-0.15, -0.1) is 0 Å². The maximum atomic E-state index is 11.5. The summed E-state index contributed by atoms with van der Waals surface area (Å²) in [5, 5.41) is 0. The van der Waals surface area contributed by atoms with Gasteiger partial charge in [-0.1, -0.05) is 67.4 Å². The van der Waals surface area contributed by atoms with Crippen molar-refractivity contribution in [2.24, 2.45) is 11.5 Å². The van der Waals surface area contributed by atoms with E-state index in [4.69, 9.17) is 16.2 Å². The van der Waals surface area contributed by atoms with Crippen molar-refractivity contribution < 1.29 is 9.53 Å². The predicted molar refractivity (Wildman–Crippen MR) is 128 cm³/mol. The van der Waals surface area contributed by atoms with Gasteiger partial charge in [0.2, 0.25) is 0 Å². The van der Waals surface area contributed by atoms with Crippen molar-refractivity contribution >= 4 is 17.6 Å². The molecule has 0 aromatic heterocycles. The normalized spacial score (nSPS) is 16.4. The second kappa shape index (κ2) is 12.4. The topological polar surface area (TPSA) is 78.3 Å². The van der Waals surface area contributed by atoms with Crippen molar-refractivity contribution in [2.45, 2.75) is 63.8 Å². The Balaban J connectivity index is 1.56. The second-order valence-electron chi connectivity index (χ2n) is 8.41. The van der Waals surface area contributed by atoms with E-state index in [1.54, 1.807) is 0 Å². The Morgan fingerprint density at radius 3 is 2.52 bits per heavy atom. The Bertz CT molecular complexity index is 861. The van der Waals surface area contributed by atoms with Crippen LogP contribution in [0.15, 0.2) is 48.5 Å². The van der Waals surface area contributed by atoms with Gasteiger partial charge in [-0.25, -0.2) is 0 Å². The fourth-order valence-corrected chi connectivity index (χ4v) is 4.19. The lowest BCUT2D eigenvalue weighted by Crippen LogP contribution is -2.39. The van der Waals surface area contributed by atoms with Crippen molar-refractivity contribution in [2.75, 3.05) is 13.2 Å². The summed E-state index contributed by atoms with van der Waals surface area (Å²) in [4.78, 5) is 11.5. The number of ether oxygens (including phenoxy) is 1. The van der Waals surface area contributed by atoms with Gasteiger partial charge in [0.05, 0.1) is 6.61 Å². The van der Waals surface area contributed by atoms with Crippen LogP contribution in [-0.4, -0.2) is 25.2 Å². The minimum atomic E-state index is -0.702. The average molecular weight is 421 g/mol. The summed E-state index contributed by atoms with van der Waals surface area (Å²) in [6, 6.07) is 16.9. The Morgan fingerprint density at radius 1 is 0.935 bits per heavy atom. The van der Waals surface area contributed by atoms with Gasteiger partial charge >= 0.3 is 5.97 Å². The van der Waals surface area contributed by atoms with Crippen LogP contribution in [-0.2, 0) is 22.4 Å². The lowest BCUT2D eigenvalue weighted by atomic mass is 9.87. The first kappa shape index (κ1) is 23.2. The fourth-order valence-electron chi connectivity index (χ4n) is 4.19. The van der Waals surface area contributed by atoms with Gasteiger partial charge in [0.15, 0.2) is 0 Å². The molecule has 2 aromatic rings. The summed E-state index contributed by atoms with van der Waals surface area (Å²) >= 11 is 0. The SMILES string of the molecule is NCC(N)C(=O)OCCCCCCc1cccc2c1/C=C(/c1ccccc1)CCCC2. The van der Waals surface area contributed by atoms with Gasteiger partial charge in [-0.2, -0.15) is 0 Å². The van der Waals surface area contributed by atoms with Crippen molar-refractivity contribution in [3.05, 3.63) is 70.8 Å². The van der Waals surface area contributed by atoms with E-state index in [1.165, 1.54) is 40.7 Å². The number of carbonyl (C=O) groups is 1. The fraction of sp³-hybridized carbons (Fsp3) is 0.444. The molecule has 4 heteroatoms. The Kier molecular flexibility index (Phi) is 9.32. The number of fused-ring (bicyclic) bond motifs is 1. The van der Waals surface area contributed by atoms with Gasteiger partial charge in [-0.05, 0) is 72.8 Å². The summed E-state index contributed by atoms with van der Waals surface area (Å²) in [5.41, 5.74) is 18.1. The van der Waals surface area contributed by atoms with Crippen molar-refractivity contribution in [3.63, 3.8) is 0 Å². The predicted octanol–water partition coefficient (Wildman–Crippen LogP) is 4.89. The number of allylic oxidation sites excluding steroid dienone is 1. The van der Waals surface area contributed by atoms with Crippen molar-refractivity contribution in [1.82, 2.24) is 0 Å². The number of unbranched alkanes of at least 4 members (excludes halogenated alkanes) is 3. The maximum absolute atomic E-state index is 11.5. The highest BCUT2D eigenvalue weighted by atomic mass is 16.5. The van der Waals surface area contributed by atoms with Crippen LogP contribution in [0.5, 0.6) is 0 Å². The van der Waals surface area contributed by atoms with Crippen LogP contribution < -0.4 is 11.5 Å². The van der Waals surface area contributed by atoms with Crippen LogP contribution in [0.3, 0.4) is 0 Å². The summed E-state index contributed by atoms with van der Waals surface area (Å²) in [7, 11) is 0. The molecule has 166 valence electrons. The molecule has 0 heterocycles.